The van der Waals surface area contributed by atoms with E-state index in [1.165, 1.54) is 18.3 Å². The molecule has 0 radical (unpaired) electrons. The van der Waals surface area contributed by atoms with Gasteiger partial charge in [0.05, 0.1) is 11.6 Å². The van der Waals surface area contributed by atoms with Crippen LogP contribution in [0, 0.1) is 11.6 Å². The van der Waals surface area contributed by atoms with Crippen LogP contribution in [-0.2, 0) is 0 Å². The Morgan fingerprint density at radius 2 is 2.12 bits per heavy atom. The van der Waals surface area contributed by atoms with Gasteiger partial charge in [-0.15, -0.1) is 16.7 Å². The summed E-state index contributed by atoms with van der Waals surface area (Å²) in [6.07, 6.45) is 1.47. The summed E-state index contributed by atoms with van der Waals surface area (Å²) in [5.41, 5.74) is 0.515. The van der Waals surface area contributed by atoms with E-state index >= 15 is 0 Å². The average Bonchev–Trinajstić information content (AvgIpc) is 2.71. The molecule has 0 bridgehead atoms. The highest BCUT2D eigenvalue weighted by Gasteiger charge is 2.13. The van der Waals surface area contributed by atoms with Crippen molar-refractivity contribution in [2.24, 2.45) is 0 Å². The van der Waals surface area contributed by atoms with Gasteiger partial charge in [0.15, 0.2) is 11.6 Å². The molecule has 1 unspecified atom stereocenters. The third-order valence-corrected chi connectivity index (χ3v) is 2.32. The Hall–Kier alpha value is -1.49. The summed E-state index contributed by atoms with van der Waals surface area (Å²) in [6.45, 7) is 1.72. The zero-order valence-electron chi connectivity index (χ0n) is 8.36. The highest BCUT2D eigenvalue weighted by Crippen LogP contribution is 2.19. The van der Waals surface area contributed by atoms with Crippen LogP contribution in [0.5, 0.6) is 0 Å². The molecule has 0 saturated carbocycles. The van der Waals surface area contributed by atoms with Gasteiger partial charge in [0.25, 0.3) is 0 Å². The minimum atomic E-state index is -0.957. The number of benzene rings is 1. The predicted molar refractivity (Wildman–Crippen MR) is 55.5 cm³/mol. The second-order valence-corrected chi connectivity index (χ2v) is 3.93. The third-order valence-electron chi connectivity index (χ3n) is 2.10. The van der Waals surface area contributed by atoms with E-state index in [4.69, 9.17) is 11.6 Å². The first kappa shape index (κ1) is 11.0. The fourth-order valence-corrected chi connectivity index (χ4v) is 1.35. The van der Waals surface area contributed by atoms with E-state index < -0.39 is 11.6 Å². The molecule has 0 spiro atoms. The number of hydrogen-bond donors (Lipinski definition) is 0. The van der Waals surface area contributed by atoms with Crippen LogP contribution in [0.25, 0.3) is 5.69 Å². The Labute approximate surface area is 95.6 Å². The second kappa shape index (κ2) is 4.17. The van der Waals surface area contributed by atoms with Gasteiger partial charge in [-0.25, -0.2) is 13.5 Å². The first-order chi connectivity index (χ1) is 7.59. The number of hydrogen-bond acceptors (Lipinski definition) is 2. The highest BCUT2D eigenvalue weighted by atomic mass is 35.5. The maximum atomic E-state index is 13.4. The maximum absolute atomic E-state index is 13.4. The summed E-state index contributed by atoms with van der Waals surface area (Å²) in [4.78, 5) is 0. The molecule has 0 amide bonds. The van der Waals surface area contributed by atoms with Crippen molar-refractivity contribution in [3.8, 4) is 5.69 Å². The molecule has 0 aliphatic rings. The lowest BCUT2D eigenvalue weighted by Crippen LogP contribution is -2.00. The van der Waals surface area contributed by atoms with Crippen LogP contribution < -0.4 is 0 Å². The standard InChI is InChI=1S/C10H8ClF2N3/c1-6(11)8-5-16(15-14-8)9-4-2-3-7(12)10(9)13/h2-6H,1H3. The molecular weight excluding hydrogens is 236 g/mol. The number of rotatable bonds is 2. The topological polar surface area (TPSA) is 30.7 Å². The predicted octanol–water partition coefficient (Wildman–Crippen LogP) is 2.85. The van der Waals surface area contributed by atoms with Crippen LogP contribution in [0.3, 0.4) is 0 Å². The molecule has 0 aliphatic heterocycles. The molecule has 0 N–H and O–H groups in total. The number of alkyl halides is 1. The molecule has 2 aromatic rings. The van der Waals surface area contributed by atoms with Crippen molar-refractivity contribution in [1.82, 2.24) is 15.0 Å². The molecule has 1 aromatic heterocycles. The molecule has 1 heterocycles. The molecule has 0 aliphatic carbocycles. The van der Waals surface area contributed by atoms with Gasteiger partial charge < -0.3 is 0 Å². The van der Waals surface area contributed by atoms with Crippen molar-refractivity contribution in [3.05, 3.63) is 41.7 Å². The lowest BCUT2D eigenvalue weighted by Gasteiger charge is -2.01. The summed E-state index contributed by atoms with van der Waals surface area (Å²) in [5, 5.41) is 7.11. The van der Waals surface area contributed by atoms with Gasteiger partial charge in [0.1, 0.15) is 11.4 Å². The first-order valence-electron chi connectivity index (χ1n) is 4.60. The van der Waals surface area contributed by atoms with E-state index in [0.717, 1.165) is 10.7 Å². The van der Waals surface area contributed by atoms with Crippen molar-refractivity contribution >= 4 is 11.6 Å². The van der Waals surface area contributed by atoms with Crippen molar-refractivity contribution in [1.29, 1.82) is 0 Å². The summed E-state index contributed by atoms with van der Waals surface area (Å²) in [7, 11) is 0. The molecule has 0 saturated heterocycles. The Balaban J connectivity index is 2.47. The minimum absolute atomic E-state index is 0.0102. The second-order valence-electron chi connectivity index (χ2n) is 3.28. The van der Waals surface area contributed by atoms with Crippen LogP contribution in [-0.4, -0.2) is 15.0 Å². The van der Waals surface area contributed by atoms with Crippen molar-refractivity contribution in [3.63, 3.8) is 0 Å². The Morgan fingerprint density at radius 1 is 1.38 bits per heavy atom. The monoisotopic (exact) mass is 243 g/mol. The van der Waals surface area contributed by atoms with Gasteiger partial charge in [-0.05, 0) is 19.1 Å². The SMILES string of the molecule is CC(Cl)c1cn(-c2cccc(F)c2F)nn1. The Bertz CT molecular complexity index is 511. The summed E-state index contributed by atoms with van der Waals surface area (Å²) < 4.78 is 27.5. The van der Waals surface area contributed by atoms with E-state index in [2.05, 4.69) is 10.3 Å². The lowest BCUT2D eigenvalue weighted by atomic mass is 10.3. The fourth-order valence-electron chi connectivity index (χ4n) is 1.25. The molecule has 1 aromatic carbocycles. The Morgan fingerprint density at radius 3 is 2.75 bits per heavy atom. The van der Waals surface area contributed by atoms with Gasteiger partial charge >= 0.3 is 0 Å². The van der Waals surface area contributed by atoms with E-state index in [-0.39, 0.29) is 11.1 Å². The molecule has 0 fully saturated rings. The first-order valence-corrected chi connectivity index (χ1v) is 5.04. The van der Waals surface area contributed by atoms with Crippen LogP contribution in [0.15, 0.2) is 24.4 Å². The highest BCUT2D eigenvalue weighted by molar-refractivity contribution is 6.20. The van der Waals surface area contributed by atoms with E-state index in [1.807, 2.05) is 0 Å². The van der Waals surface area contributed by atoms with Crippen LogP contribution >= 0.6 is 11.6 Å². The molecule has 3 nitrogen and oxygen atoms in total. The van der Waals surface area contributed by atoms with E-state index in [0.29, 0.717) is 5.69 Å². The van der Waals surface area contributed by atoms with Crippen LogP contribution in [0.4, 0.5) is 8.78 Å². The van der Waals surface area contributed by atoms with Crippen molar-refractivity contribution < 1.29 is 8.78 Å². The summed E-state index contributed by atoms with van der Waals surface area (Å²) >= 11 is 5.79. The number of aromatic nitrogens is 3. The summed E-state index contributed by atoms with van der Waals surface area (Å²) in [6, 6.07) is 3.86. The summed E-state index contributed by atoms with van der Waals surface area (Å²) in [5.74, 6) is -1.88. The molecule has 16 heavy (non-hydrogen) atoms. The number of nitrogens with zero attached hydrogens (tertiary/aromatic N) is 3. The third kappa shape index (κ3) is 1.90. The van der Waals surface area contributed by atoms with Gasteiger partial charge in [-0.1, -0.05) is 11.3 Å². The largest absolute Gasteiger partial charge is 0.217 e. The normalized spacial score (nSPS) is 12.8. The minimum Gasteiger partial charge on any atom is -0.217 e. The molecular formula is C10H8ClF2N3. The average molecular weight is 244 g/mol. The molecule has 6 heteroatoms. The van der Waals surface area contributed by atoms with E-state index in [1.54, 1.807) is 6.92 Å². The van der Waals surface area contributed by atoms with E-state index in [9.17, 15) is 8.78 Å². The fraction of sp³-hybridized carbons (Fsp3) is 0.200. The zero-order valence-corrected chi connectivity index (χ0v) is 9.12. The van der Waals surface area contributed by atoms with Gasteiger partial charge in [-0.2, -0.15) is 0 Å². The number of halogens is 3. The molecule has 2 rings (SSSR count). The quantitative estimate of drug-likeness (QED) is 0.760. The van der Waals surface area contributed by atoms with Gasteiger partial charge in [0.2, 0.25) is 0 Å². The zero-order chi connectivity index (χ0) is 11.7. The van der Waals surface area contributed by atoms with Gasteiger partial charge in [0, 0.05) is 0 Å². The van der Waals surface area contributed by atoms with Crippen molar-refractivity contribution in [2.45, 2.75) is 12.3 Å². The van der Waals surface area contributed by atoms with Crippen molar-refractivity contribution in [2.75, 3.05) is 0 Å². The molecule has 84 valence electrons. The van der Waals surface area contributed by atoms with Crippen LogP contribution in [0.1, 0.15) is 18.0 Å². The smallest absolute Gasteiger partial charge is 0.184 e. The molecule has 1 atom stereocenters. The lowest BCUT2D eigenvalue weighted by molar-refractivity contribution is 0.500. The maximum Gasteiger partial charge on any atom is 0.184 e. The van der Waals surface area contributed by atoms with Gasteiger partial charge in [-0.3, -0.25) is 0 Å². The van der Waals surface area contributed by atoms with Crippen LogP contribution in [0.2, 0.25) is 0 Å². The Kier molecular flexibility index (Phi) is 2.87.